The molecule has 3 atom stereocenters. The van der Waals surface area contributed by atoms with Gasteiger partial charge in [-0.2, -0.15) is 5.10 Å². The van der Waals surface area contributed by atoms with Crippen LogP contribution < -0.4 is 25.0 Å². The molecule has 1 fully saturated rings. The van der Waals surface area contributed by atoms with E-state index < -0.39 is 0 Å². The first-order valence-electron chi connectivity index (χ1n) is 18.3. The molecule has 1 aromatic carbocycles. The van der Waals surface area contributed by atoms with Gasteiger partial charge in [0.1, 0.15) is 30.0 Å². The van der Waals surface area contributed by atoms with Crippen LogP contribution in [-0.4, -0.2) is 80.1 Å². The fraction of sp³-hybridized carbons (Fsp3) is 0.462. The highest BCUT2D eigenvalue weighted by Gasteiger charge is 2.31. The molecular weight excluding hydrogens is 656 g/mol. The second kappa shape index (κ2) is 14.8. The van der Waals surface area contributed by atoms with E-state index in [1.165, 1.54) is 6.42 Å². The second-order valence-corrected chi connectivity index (χ2v) is 15.2. The third-order valence-electron chi connectivity index (χ3n) is 9.91. The molecule has 1 aliphatic heterocycles. The molecule has 0 bridgehead atoms. The Balaban J connectivity index is 1.07. The summed E-state index contributed by atoms with van der Waals surface area (Å²) in [6, 6.07) is 15.8. The maximum absolute atomic E-state index is 13.7. The lowest BCUT2D eigenvalue weighted by Crippen LogP contribution is -2.38. The number of likely N-dealkylation sites (N-methyl/N-ethyl adjacent to an activating group) is 1. The van der Waals surface area contributed by atoms with Gasteiger partial charge in [0.05, 0.1) is 36.0 Å². The summed E-state index contributed by atoms with van der Waals surface area (Å²) in [6.45, 7) is 10.8. The molecule has 52 heavy (non-hydrogen) atoms. The van der Waals surface area contributed by atoms with Crippen molar-refractivity contribution < 1.29 is 14.3 Å². The van der Waals surface area contributed by atoms with Crippen molar-refractivity contribution in [2.75, 3.05) is 44.0 Å². The van der Waals surface area contributed by atoms with Crippen molar-refractivity contribution in [3.63, 3.8) is 0 Å². The number of nitrogens with one attached hydrogen (secondary N) is 2. The average Bonchev–Trinajstić information content (AvgIpc) is 3.74. The van der Waals surface area contributed by atoms with Gasteiger partial charge in [0.15, 0.2) is 5.65 Å². The topological polar surface area (TPSA) is 127 Å². The molecule has 5 aromatic rings. The van der Waals surface area contributed by atoms with Gasteiger partial charge in [-0.25, -0.2) is 9.48 Å². The van der Waals surface area contributed by atoms with Crippen molar-refractivity contribution in [2.45, 2.75) is 83.4 Å². The van der Waals surface area contributed by atoms with Gasteiger partial charge in [0, 0.05) is 36.7 Å². The zero-order valence-electron chi connectivity index (χ0n) is 31.0. The highest BCUT2D eigenvalue weighted by molar-refractivity contribution is 5.89. The lowest BCUT2D eigenvalue weighted by molar-refractivity contribution is 0.171. The van der Waals surface area contributed by atoms with Crippen LogP contribution in [-0.2, 0) is 5.41 Å². The number of piperidine rings is 1. The molecule has 1 saturated heterocycles. The largest absolute Gasteiger partial charge is 0.491 e. The van der Waals surface area contributed by atoms with Crippen molar-refractivity contribution in [3.05, 3.63) is 83.9 Å². The Labute approximate surface area is 305 Å². The van der Waals surface area contributed by atoms with Crippen LogP contribution in [0.5, 0.6) is 11.5 Å². The predicted octanol–water partition coefficient (Wildman–Crippen LogP) is 6.70. The molecule has 13 nitrogen and oxygen atoms in total. The van der Waals surface area contributed by atoms with Crippen molar-refractivity contribution in [3.8, 4) is 17.2 Å². The summed E-state index contributed by atoms with van der Waals surface area (Å²) in [6.07, 6.45) is 10.2. The molecule has 1 unspecified atom stereocenters. The first kappa shape index (κ1) is 35.2. The van der Waals surface area contributed by atoms with Gasteiger partial charge in [-0.1, -0.05) is 45.0 Å². The highest BCUT2D eigenvalue weighted by Crippen LogP contribution is 2.39. The number of ether oxygens (including phenoxy) is 2. The smallest absolute Gasteiger partial charge is 0.320 e. The summed E-state index contributed by atoms with van der Waals surface area (Å²) in [5.41, 5.74) is 4.19. The van der Waals surface area contributed by atoms with Crippen LogP contribution >= 0.6 is 0 Å². The number of hydrogen-bond acceptors (Lipinski definition) is 9. The number of pyridine rings is 2. The lowest BCUT2D eigenvalue weighted by Gasteiger charge is -2.33. The summed E-state index contributed by atoms with van der Waals surface area (Å²) < 4.78 is 16.4. The SMILES string of the molecule is CC1CCCCN1c1nnc2ccc(O[C@@H]3CC[C@H](NC(=O)Nc4cc(C(C)(C)C)nn4-c4cncc(OCCN(C)C)c4)c4ccccc43)cn12. The Hall–Kier alpha value is -5.17. The molecule has 4 aromatic heterocycles. The van der Waals surface area contributed by atoms with Crippen LogP contribution in [0.3, 0.4) is 0 Å². The van der Waals surface area contributed by atoms with E-state index in [2.05, 4.69) is 75.4 Å². The molecule has 274 valence electrons. The first-order chi connectivity index (χ1) is 25.0. The number of carbonyl (C=O) groups excluding carboxylic acids is 1. The van der Waals surface area contributed by atoms with Gasteiger partial charge in [-0.15, -0.1) is 10.2 Å². The molecular formula is C39H50N10O3. The average molecular weight is 707 g/mol. The molecule has 5 heterocycles. The summed E-state index contributed by atoms with van der Waals surface area (Å²) in [4.78, 5) is 22.5. The van der Waals surface area contributed by atoms with E-state index in [4.69, 9.17) is 14.6 Å². The van der Waals surface area contributed by atoms with Crippen LogP contribution in [0, 0.1) is 0 Å². The Morgan fingerprint density at radius 2 is 1.81 bits per heavy atom. The Bertz CT molecular complexity index is 2010. The molecule has 1 aliphatic carbocycles. The Morgan fingerprint density at radius 3 is 2.60 bits per heavy atom. The van der Waals surface area contributed by atoms with Crippen LogP contribution in [0.1, 0.15) is 88.8 Å². The maximum Gasteiger partial charge on any atom is 0.320 e. The minimum Gasteiger partial charge on any atom is -0.491 e. The molecule has 2 aliphatic rings. The standard InChI is InChI=1S/C39H50N10O3/c1-26-11-9-10-18-47(26)38-44-43-35-17-14-28(25-48(35)38)52-33-16-15-32(30-12-7-8-13-31(30)33)41-37(50)42-36-22-34(39(2,3)4)45-49(36)27-21-29(24-40-23-27)51-20-19-46(5)6/h7-8,12-14,17,21-26,32-33H,9-11,15-16,18-20H2,1-6H3,(H2,41,42,50)/t26?,32-,33+/m0/s1. The number of rotatable bonds is 10. The van der Waals surface area contributed by atoms with Gasteiger partial charge in [0.25, 0.3) is 0 Å². The van der Waals surface area contributed by atoms with E-state index in [9.17, 15) is 4.79 Å². The number of anilines is 2. The van der Waals surface area contributed by atoms with Gasteiger partial charge < -0.3 is 24.6 Å². The molecule has 2 amide bonds. The van der Waals surface area contributed by atoms with Crippen LogP contribution in [0.4, 0.5) is 16.6 Å². The van der Waals surface area contributed by atoms with E-state index in [-0.39, 0.29) is 23.6 Å². The van der Waals surface area contributed by atoms with Gasteiger partial charge in [-0.3, -0.25) is 14.7 Å². The van der Waals surface area contributed by atoms with E-state index >= 15 is 0 Å². The minimum absolute atomic E-state index is 0.168. The zero-order valence-corrected chi connectivity index (χ0v) is 31.0. The van der Waals surface area contributed by atoms with Crippen molar-refractivity contribution in [1.29, 1.82) is 0 Å². The molecule has 7 rings (SSSR count). The number of hydrogen-bond donors (Lipinski definition) is 2. The van der Waals surface area contributed by atoms with Gasteiger partial charge >= 0.3 is 6.03 Å². The predicted molar refractivity (Wildman–Crippen MR) is 202 cm³/mol. The summed E-state index contributed by atoms with van der Waals surface area (Å²) in [7, 11) is 4.01. The molecule has 0 spiro atoms. The number of amides is 2. The molecule has 13 heteroatoms. The second-order valence-electron chi connectivity index (χ2n) is 15.2. The third kappa shape index (κ3) is 7.69. The van der Waals surface area contributed by atoms with Crippen LogP contribution in [0.15, 0.2) is 67.1 Å². The Morgan fingerprint density at radius 1 is 0.981 bits per heavy atom. The highest BCUT2D eigenvalue weighted by atomic mass is 16.5. The number of carbonyl (C=O) groups is 1. The van der Waals surface area contributed by atoms with E-state index in [1.54, 1.807) is 17.1 Å². The first-order valence-corrected chi connectivity index (χ1v) is 18.3. The molecule has 0 radical (unpaired) electrons. The van der Waals surface area contributed by atoms with Crippen molar-refractivity contribution in [1.82, 2.24) is 39.6 Å². The fourth-order valence-corrected chi connectivity index (χ4v) is 7.00. The number of benzene rings is 1. The van der Waals surface area contributed by atoms with Crippen molar-refractivity contribution in [2.24, 2.45) is 0 Å². The summed E-state index contributed by atoms with van der Waals surface area (Å²) in [5.74, 6) is 2.80. The van der Waals surface area contributed by atoms with Gasteiger partial charge in [-0.05, 0) is 76.4 Å². The number of nitrogens with zero attached hydrogens (tertiary/aromatic N) is 8. The van der Waals surface area contributed by atoms with Crippen LogP contribution in [0.2, 0.25) is 0 Å². The summed E-state index contributed by atoms with van der Waals surface area (Å²) >= 11 is 0. The fourth-order valence-electron chi connectivity index (χ4n) is 7.00. The third-order valence-corrected chi connectivity index (χ3v) is 9.91. The summed E-state index contributed by atoms with van der Waals surface area (Å²) in [5, 5.41) is 20.2. The zero-order chi connectivity index (χ0) is 36.4. The normalized spacial score (nSPS) is 19.1. The van der Waals surface area contributed by atoms with E-state index in [1.807, 2.05) is 61.1 Å². The Kier molecular flexibility index (Phi) is 10.0. The van der Waals surface area contributed by atoms with Crippen LogP contribution in [0.25, 0.3) is 11.3 Å². The maximum atomic E-state index is 13.7. The number of fused-ring (bicyclic) bond motifs is 2. The molecule has 2 N–H and O–H groups in total. The minimum atomic E-state index is -0.315. The van der Waals surface area contributed by atoms with Crippen molar-refractivity contribution >= 4 is 23.4 Å². The van der Waals surface area contributed by atoms with E-state index in [0.717, 1.165) is 66.5 Å². The number of aromatic nitrogens is 6. The lowest BCUT2D eigenvalue weighted by atomic mass is 9.85. The number of urea groups is 1. The monoisotopic (exact) mass is 706 g/mol. The van der Waals surface area contributed by atoms with E-state index in [0.29, 0.717) is 36.3 Å². The van der Waals surface area contributed by atoms with Gasteiger partial charge in [0.2, 0.25) is 5.95 Å². The quantitative estimate of drug-likeness (QED) is 0.163. The molecule has 0 saturated carbocycles.